The summed E-state index contributed by atoms with van der Waals surface area (Å²) in [6.45, 7) is 0. The zero-order valence-corrected chi connectivity index (χ0v) is 13.3. The maximum atomic E-state index is 9.42. The Morgan fingerprint density at radius 2 is 1.06 bits per heavy atom. The van der Waals surface area contributed by atoms with Crippen LogP contribution < -0.4 is 0 Å². The molecular weight excluding hydrogens is 294 g/mol. The quantitative estimate of drug-likeness (QED) is 0.682. The van der Waals surface area contributed by atoms with Crippen LogP contribution in [0, 0.1) is 0 Å². The van der Waals surface area contributed by atoms with E-state index in [9.17, 15) is 9.79 Å². The summed E-state index contributed by atoms with van der Waals surface area (Å²) < 4.78 is 5.14. The Morgan fingerprint density at radius 3 is 1.39 bits per heavy atom. The molecule has 0 aromatic heterocycles. The average molecular weight is 319 g/mol. The molecule has 0 spiro atoms. The van der Waals surface area contributed by atoms with Crippen molar-refractivity contribution in [3.8, 4) is 0 Å². The number of hydrogen-bond donors (Lipinski definition) is 2. The monoisotopic (exact) mass is 318 g/mol. The van der Waals surface area contributed by atoms with Crippen LogP contribution in [0.3, 0.4) is 0 Å². The van der Waals surface area contributed by atoms with E-state index in [0.29, 0.717) is 0 Å². The summed E-state index contributed by atoms with van der Waals surface area (Å²) in [6, 6.07) is 0. The predicted molar refractivity (Wildman–Crippen MR) is 78.7 cm³/mol. The average Bonchev–Trinajstić information content (AvgIpc) is 2.19. The van der Waals surface area contributed by atoms with Gasteiger partial charge in [-0.2, -0.15) is 0 Å². The normalized spacial score (nSPS) is 24.6. The molecule has 1 aliphatic rings. The first-order chi connectivity index (χ1) is 8.33. The summed E-state index contributed by atoms with van der Waals surface area (Å²) >= 11 is 10.9. The van der Waals surface area contributed by atoms with Crippen LogP contribution >= 0.6 is 28.5 Å². The van der Waals surface area contributed by atoms with Crippen LogP contribution in [0.25, 0.3) is 0 Å². The van der Waals surface area contributed by atoms with Crippen molar-refractivity contribution in [1.29, 1.82) is 0 Å². The van der Waals surface area contributed by atoms with Crippen molar-refractivity contribution in [3.05, 3.63) is 0 Å². The molecule has 0 atom stereocenters. The first-order valence-electron chi connectivity index (χ1n) is 6.97. The molecule has 1 rings (SSSR count). The molecule has 1 fully saturated rings. The first-order valence-corrected chi connectivity index (χ1v) is 10.8. The van der Waals surface area contributed by atoms with E-state index in [4.69, 9.17) is 27.0 Å². The fourth-order valence-electron chi connectivity index (χ4n) is 2.48. The van der Waals surface area contributed by atoms with E-state index in [1.807, 2.05) is 0 Å². The molecule has 110 valence electrons. The van der Waals surface area contributed by atoms with E-state index >= 15 is 0 Å². The van der Waals surface area contributed by atoms with Crippen LogP contribution in [0.1, 0.15) is 70.6 Å². The van der Waals surface area contributed by atoms with Crippen LogP contribution in [0.4, 0.5) is 0 Å². The van der Waals surface area contributed by atoms with Crippen molar-refractivity contribution in [1.82, 2.24) is 0 Å². The fourth-order valence-corrected chi connectivity index (χ4v) is 3.86. The van der Waals surface area contributed by atoms with Crippen LogP contribution in [0.5, 0.6) is 0 Å². The van der Waals surface area contributed by atoms with Gasteiger partial charge in [-0.15, -0.1) is 0 Å². The molecule has 6 heteroatoms. The van der Waals surface area contributed by atoms with Gasteiger partial charge in [-0.3, -0.25) is 0 Å². The van der Waals surface area contributed by atoms with E-state index in [1.165, 1.54) is 32.1 Å². The Hall–Kier alpha value is 0.890. The molecule has 0 aliphatic heterocycles. The molecule has 2 N–H and O–H groups in total. The Bertz CT molecular complexity index is 222. The minimum atomic E-state index is -4.85. The Morgan fingerprint density at radius 1 is 0.722 bits per heavy atom. The van der Waals surface area contributed by atoms with E-state index in [-0.39, 0.29) is 6.10 Å². The first kappa shape index (κ1) is 16.9. The molecule has 18 heavy (non-hydrogen) atoms. The summed E-state index contributed by atoms with van der Waals surface area (Å²) in [6.07, 6.45) is 12.2. The van der Waals surface area contributed by atoms with Gasteiger partial charge in [-0.25, -0.2) is 0 Å². The maximum absolute atomic E-state index is 9.42. The van der Waals surface area contributed by atoms with Gasteiger partial charge in [0.25, 0.3) is 0 Å². The van der Waals surface area contributed by atoms with Gasteiger partial charge in [0.1, 0.15) is 0 Å². The van der Waals surface area contributed by atoms with E-state index in [2.05, 4.69) is 0 Å². The third kappa shape index (κ3) is 9.77. The van der Waals surface area contributed by atoms with Gasteiger partial charge < -0.3 is 0 Å². The molecule has 0 saturated heterocycles. The number of hydrogen-bond acceptors (Lipinski definition) is 3. The van der Waals surface area contributed by atoms with Gasteiger partial charge in [0.05, 0.1) is 0 Å². The molecular formula is C12H25Cl2O3P. The molecule has 0 heterocycles. The Labute approximate surface area is 120 Å². The summed E-state index contributed by atoms with van der Waals surface area (Å²) in [4.78, 5) is 18.8. The standard InChI is InChI=1S/C12H25Cl2O3P/c13-18(14,15,16)17-12-10-8-6-4-2-1-3-5-7-9-11-12/h12,15-16H,1-11H2. The van der Waals surface area contributed by atoms with Crippen molar-refractivity contribution in [2.24, 2.45) is 0 Å². The summed E-state index contributed by atoms with van der Waals surface area (Å²) in [5.74, 6) is -4.85. The summed E-state index contributed by atoms with van der Waals surface area (Å²) in [7, 11) is 0. The van der Waals surface area contributed by atoms with Crippen molar-refractivity contribution in [3.63, 3.8) is 0 Å². The molecule has 0 bridgehead atoms. The zero-order chi connectivity index (χ0) is 13.5. The molecule has 1 aliphatic carbocycles. The van der Waals surface area contributed by atoms with Gasteiger partial charge in [0.2, 0.25) is 0 Å². The van der Waals surface area contributed by atoms with E-state index < -0.39 is 5.99 Å². The molecule has 0 unspecified atom stereocenters. The molecule has 0 aromatic carbocycles. The topological polar surface area (TPSA) is 49.7 Å². The summed E-state index contributed by atoms with van der Waals surface area (Å²) in [5.41, 5.74) is 0. The van der Waals surface area contributed by atoms with E-state index in [1.54, 1.807) is 0 Å². The van der Waals surface area contributed by atoms with Crippen LogP contribution in [0.2, 0.25) is 0 Å². The van der Waals surface area contributed by atoms with E-state index in [0.717, 1.165) is 38.5 Å². The van der Waals surface area contributed by atoms with Gasteiger partial charge in [0, 0.05) is 0 Å². The molecule has 3 nitrogen and oxygen atoms in total. The van der Waals surface area contributed by atoms with Crippen molar-refractivity contribution >= 4 is 28.5 Å². The second kappa shape index (κ2) is 7.61. The minimum absolute atomic E-state index is 0.230. The Balaban J connectivity index is 2.41. The van der Waals surface area contributed by atoms with Gasteiger partial charge in [-0.05, 0) is 0 Å². The third-order valence-electron chi connectivity index (χ3n) is 3.38. The van der Waals surface area contributed by atoms with Gasteiger partial charge in [0.15, 0.2) is 0 Å². The molecule has 0 aromatic rings. The van der Waals surface area contributed by atoms with Crippen molar-refractivity contribution < 1.29 is 14.3 Å². The van der Waals surface area contributed by atoms with Crippen LogP contribution in [0.15, 0.2) is 0 Å². The molecule has 0 amide bonds. The second-order valence-corrected chi connectivity index (χ2v) is 11.1. The Kier molecular flexibility index (Phi) is 7.17. The molecule has 1 saturated carbocycles. The van der Waals surface area contributed by atoms with Gasteiger partial charge >= 0.3 is 120 Å². The van der Waals surface area contributed by atoms with Gasteiger partial charge in [-0.1, -0.05) is 0 Å². The predicted octanol–water partition coefficient (Wildman–Crippen LogP) is 5.27. The van der Waals surface area contributed by atoms with Crippen LogP contribution in [-0.4, -0.2) is 15.9 Å². The fraction of sp³-hybridized carbons (Fsp3) is 1.00. The zero-order valence-electron chi connectivity index (χ0n) is 10.9. The summed E-state index contributed by atoms with van der Waals surface area (Å²) in [5, 5.41) is 0. The van der Waals surface area contributed by atoms with Crippen molar-refractivity contribution in [2.45, 2.75) is 76.7 Å². The van der Waals surface area contributed by atoms with Crippen LogP contribution in [-0.2, 0) is 4.52 Å². The number of rotatable bonds is 2. The number of halogens is 2. The second-order valence-electron chi connectivity index (χ2n) is 5.24. The van der Waals surface area contributed by atoms with Crippen molar-refractivity contribution in [2.75, 3.05) is 0 Å². The SMILES string of the molecule is OP(O)(Cl)(Cl)OC1CCCCCCCCCCC1. The molecule has 0 radical (unpaired) electrons. The third-order valence-corrected chi connectivity index (χ3v) is 4.50.